The Hall–Kier alpha value is -2.99. The second-order valence-corrected chi connectivity index (χ2v) is 10.8. The lowest BCUT2D eigenvalue weighted by Crippen LogP contribution is -2.49. The predicted molar refractivity (Wildman–Crippen MR) is 135 cm³/mol. The van der Waals surface area contributed by atoms with E-state index in [2.05, 4.69) is 10.6 Å². The molecule has 0 spiro atoms. The van der Waals surface area contributed by atoms with E-state index in [1.54, 1.807) is 18.2 Å². The number of amides is 2. The Labute approximate surface area is 206 Å². The summed E-state index contributed by atoms with van der Waals surface area (Å²) >= 11 is 0. The van der Waals surface area contributed by atoms with Crippen molar-refractivity contribution in [3.63, 3.8) is 0 Å². The molecule has 2 aromatic rings. The minimum Gasteiger partial charge on any atom is -0.491 e. The molecule has 0 aromatic heterocycles. The molecule has 192 valence electrons. The van der Waals surface area contributed by atoms with Gasteiger partial charge in [0.15, 0.2) is 0 Å². The van der Waals surface area contributed by atoms with Gasteiger partial charge in [-0.05, 0) is 44.4 Å². The molecule has 1 aliphatic heterocycles. The van der Waals surface area contributed by atoms with Crippen LogP contribution in [0.2, 0.25) is 0 Å². The van der Waals surface area contributed by atoms with Crippen LogP contribution in [0.1, 0.15) is 36.2 Å². The molecule has 0 radical (unpaired) electrons. The van der Waals surface area contributed by atoms with Gasteiger partial charge in [-0.3, -0.25) is 18.2 Å². The van der Waals surface area contributed by atoms with Crippen molar-refractivity contribution in [3.8, 4) is 5.75 Å². The van der Waals surface area contributed by atoms with Gasteiger partial charge < -0.3 is 25.6 Å². The highest BCUT2D eigenvalue weighted by Gasteiger charge is 2.30. The van der Waals surface area contributed by atoms with Crippen molar-refractivity contribution < 1.29 is 33.6 Å². The average Bonchev–Trinajstić information content (AvgIpc) is 3.15. The van der Waals surface area contributed by atoms with Gasteiger partial charge in [0, 0.05) is 24.7 Å². The maximum Gasteiger partial charge on any atom is 0.404 e. The molecule has 6 N–H and O–H groups in total. The van der Waals surface area contributed by atoms with Crippen LogP contribution in [0.3, 0.4) is 0 Å². The van der Waals surface area contributed by atoms with E-state index in [-0.39, 0.29) is 30.4 Å². The Morgan fingerprint density at radius 1 is 1.14 bits per heavy atom. The van der Waals surface area contributed by atoms with E-state index < -0.39 is 34.9 Å². The SMILES string of the molecule is CC(C)Oc1cc(C(=O)N[C@@H](Cc2ccccc2)[C@H](O)CNC(=O)O)cc(N2CCCS2(O)O)c1. The fourth-order valence-electron chi connectivity index (χ4n) is 3.89. The minimum absolute atomic E-state index is 0.171. The Kier molecular flexibility index (Phi) is 8.84. The lowest BCUT2D eigenvalue weighted by Gasteiger charge is -2.38. The minimum atomic E-state index is -2.98. The van der Waals surface area contributed by atoms with Crippen LogP contribution in [0.5, 0.6) is 5.75 Å². The smallest absolute Gasteiger partial charge is 0.404 e. The number of hydrogen-bond donors (Lipinski definition) is 6. The molecule has 1 saturated heterocycles. The molecule has 10 nitrogen and oxygen atoms in total. The number of nitrogens with one attached hydrogen (secondary N) is 2. The number of anilines is 1. The van der Waals surface area contributed by atoms with Crippen LogP contribution in [-0.2, 0) is 6.42 Å². The van der Waals surface area contributed by atoms with Crippen molar-refractivity contribution in [1.82, 2.24) is 10.6 Å². The van der Waals surface area contributed by atoms with Gasteiger partial charge in [-0.15, -0.1) is 10.8 Å². The topological polar surface area (TPSA) is 152 Å². The van der Waals surface area contributed by atoms with Crippen molar-refractivity contribution in [2.24, 2.45) is 0 Å². The van der Waals surface area contributed by atoms with Gasteiger partial charge in [-0.2, -0.15) is 0 Å². The van der Waals surface area contributed by atoms with Crippen LogP contribution in [0.4, 0.5) is 10.5 Å². The van der Waals surface area contributed by atoms with Crippen LogP contribution in [0.15, 0.2) is 48.5 Å². The molecule has 1 fully saturated rings. The Bertz CT molecular complexity index is 1020. The highest BCUT2D eigenvalue weighted by atomic mass is 32.3. The Balaban J connectivity index is 1.88. The molecule has 2 atom stereocenters. The zero-order valence-electron chi connectivity index (χ0n) is 19.8. The summed E-state index contributed by atoms with van der Waals surface area (Å²) in [5.74, 6) is 0.148. The number of aliphatic hydroxyl groups excluding tert-OH is 1. The molecule has 3 rings (SSSR count). The van der Waals surface area contributed by atoms with E-state index in [0.717, 1.165) is 5.56 Å². The average molecular weight is 508 g/mol. The van der Waals surface area contributed by atoms with E-state index in [1.807, 2.05) is 44.2 Å². The maximum atomic E-state index is 13.3. The largest absolute Gasteiger partial charge is 0.491 e. The number of rotatable bonds is 10. The van der Waals surface area contributed by atoms with Gasteiger partial charge in [-0.1, -0.05) is 30.3 Å². The van der Waals surface area contributed by atoms with Gasteiger partial charge in [0.05, 0.1) is 29.7 Å². The number of nitrogens with zero attached hydrogens (tertiary/aromatic N) is 1. The molecule has 35 heavy (non-hydrogen) atoms. The molecule has 11 heteroatoms. The summed E-state index contributed by atoms with van der Waals surface area (Å²) in [5.41, 5.74) is 1.53. The van der Waals surface area contributed by atoms with Crippen LogP contribution >= 0.6 is 10.8 Å². The first-order valence-corrected chi connectivity index (χ1v) is 13.1. The number of carboxylic acid groups (broad SMARTS) is 1. The zero-order chi connectivity index (χ0) is 25.6. The summed E-state index contributed by atoms with van der Waals surface area (Å²) in [4.78, 5) is 24.2. The third-order valence-corrected chi connectivity index (χ3v) is 7.42. The summed E-state index contributed by atoms with van der Waals surface area (Å²) < 4.78 is 28.2. The third kappa shape index (κ3) is 7.49. The van der Waals surface area contributed by atoms with E-state index in [1.165, 1.54) is 4.31 Å². The summed E-state index contributed by atoms with van der Waals surface area (Å²) in [5, 5.41) is 24.5. The normalized spacial score (nSPS) is 17.5. The van der Waals surface area contributed by atoms with Gasteiger partial charge >= 0.3 is 6.09 Å². The Morgan fingerprint density at radius 2 is 1.86 bits per heavy atom. The van der Waals surface area contributed by atoms with E-state index in [4.69, 9.17) is 9.84 Å². The van der Waals surface area contributed by atoms with Crippen LogP contribution in [0.25, 0.3) is 0 Å². The van der Waals surface area contributed by atoms with Crippen molar-refractivity contribution >= 4 is 28.5 Å². The number of carbonyl (C=O) groups excluding carboxylic acids is 1. The first kappa shape index (κ1) is 26.6. The van der Waals surface area contributed by atoms with Gasteiger partial charge in [0.1, 0.15) is 5.75 Å². The van der Waals surface area contributed by atoms with Crippen LogP contribution in [-0.4, -0.2) is 68.4 Å². The number of carbonyl (C=O) groups is 2. The maximum absolute atomic E-state index is 13.3. The lowest BCUT2D eigenvalue weighted by molar-refractivity contribution is 0.0829. The van der Waals surface area contributed by atoms with Crippen molar-refractivity contribution in [1.29, 1.82) is 0 Å². The number of aliphatic hydroxyl groups is 1. The first-order valence-electron chi connectivity index (χ1n) is 11.4. The molecule has 0 saturated carbocycles. The molecule has 0 bridgehead atoms. The van der Waals surface area contributed by atoms with Crippen molar-refractivity contribution in [2.45, 2.75) is 44.9 Å². The number of hydrogen-bond acceptors (Lipinski definition) is 7. The Morgan fingerprint density at radius 3 is 2.46 bits per heavy atom. The van der Waals surface area contributed by atoms with E-state index in [0.29, 0.717) is 24.4 Å². The van der Waals surface area contributed by atoms with Crippen LogP contribution in [0, 0.1) is 0 Å². The standard InChI is InChI=1S/C24H33N3O7S/c1-16(2)34-20-13-18(12-19(14-20)27-9-6-10-35(27,32)33)23(29)26-21(22(28)15-25-24(30)31)11-17-7-4-3-5-8-17/h3-5,7-8,12-14,16,21-22,25,28,32-33H,6,9-11,15H2,1-2H3,(H,26,29)(H,30,31)/t21-,22+/m0/s1. The van der Waals surface area contributed by atoms with E-state index >= 15 is 0 Å². The van der Waals surface area contributed by atoms with Crippen LogP contribution < -0.4 is 19.7 Å². The van der Waals surface area contributed by atoms with Gasteiger partial charge in [0.25, 0.3) is 5.91 Å². The highest BCUT2D eigenvalue weighted by molar-refractivity contribution is 8.25. The molecular weight excluding hydrogens is 474 g/mol. The first-order chi connectivity index (χ1) is 16.5. The van der Waals surface area contributed by atoms with Crippen molar-refractivity contribution in [2.75, 3.05) is 23.1 Å². The monoisotopic (exact) mass is 507 g/mol. The molecule has 1 aliphatic rings. The van der Waals surface area contributed by atoms with E-state index in [9.17, 15) is 23.8 Å². The summed E-state index contributed by atoms with van der Waals surface area (Å²) in [6.45, 7) is 3.86. The zero-order valence-corrected chi connectivity index (χ0v) is 20.6. The fourth-order valence-corrected chi connectivity index (χ4v) is 5.49. The molecule has 1 heterocycles. The predicted octanol–water partition coefficient (Wildman–Crippen LogP) is 3.32. The van der Waals surface area contributed by atoms with Gasteiger partial charge in [-0.25, -0.2) is 4.79 Å². The van der Waals surface area contributed by atoms with Crippen molar-refractivity contribution in [3.05, 3.63) is 59.7 Å². The summed E-state index contributed by atoms with van der Waals surface area (Å²) in [7, 11) is -2.98. The summed E-state index contributed by atoms with van der Waals surface area (Å²) in [6.07, 6.45) is -1.75. The highest BCUT2D eigenvalue weighted by Crippen LogP contribution is 2.51. The molecule has 0 unspecified atom stereocenters. The lowest BCUT2D eigenvalue weighted by atomic mass is 10.0. The quantitative estimate of drug-likeness (QED) is 0.287. The molecule has 0 aliphatic carbocycles. The number of ether oxygens (including phenoxy) is 1. The second-order valence-electron chi connectivity index (χ2n) is 8.70. The van der Waals surface area contributed by atoms with Gasteiger partial charge in [0.2, 0.25) is 0 Å². The molecule has 2 aromatic carbocycles. The third-order valence-electron chi connectivity index (χ3n) is 5.49. The molecular formula is C24H33N3O7S. The fraction of sp³-hybridized carbons (Fsp3) is 0.417. The number of benzene rings is 2. The molecule has 2 amide bonds. The summed E-state index contributed by atoms with van der Waals surface area (Å²) in [6, 6.07) is 13.2. The second kappa shape index (κ2) is 11.6.